The Morgan fingerprint density at radius 2 is 1.55 bits per heavy atom. The Hall–Kier alpha value is -4.72. The van der Waals surface area contributed by atoms with E-state index in [1.807, 2.05) is 0 Å². The monoisotopic (exact) mass is 725 g/mol. The van der Waals surface area contributed by atoms with Crippen LogP contribution in [-0.2, 0) is 40.1 Å². The number of likely N-dealkylation sites (tertiary alicyclic amines) is 1. The molecule has 270 valence electrons. The number of benzene rings is 1. The van der Waals surface area contributed by atoms with Crippen LogP contribution in [0.5, 0.6) is 0 Å². The number of primary amides is 1. The van der Waals surface area contributed by atoms with Crippen LogP contribution in [0, 0.1) is 5.41 Å². The second-order valence-electron chi connectivity index (χ2n) is 11.0. The molecule has 2 rings (SSSR count). The number of carboxylic acids is 1. The predicted molar refractivity (Wildman–Crippen MR) is 182 cm³/mol. The van der Waals surface area contributed by atoms with E-state index in [1.165, 1.54) is 4.90 Å². The fraction of sp³-hybridized carbons (Fsp3) is 0.517. The quantitative estimate of drug-likeness (QED) is 0.0315. The number of nitrogens with two attached hydrogens (primary N) is 2. The SMILES string of the molecule is N=C(N)NCCC[C@H](NC(=O)[C@@H]1CCCN1C(=O)[C@H](CS)NC(=O)[C@H](CS)NC(=O)[C@H](CC(N)=O)NC(=O)OCc1ccccc1)C(=O)O. The zero-order valence-electron chi connectivity index (χ0n) is 26.6. The molecule has 0 bridgehead atoms. The molecule has 49 heavy (non-hydrogen) atoms. The lowest BCUT2D eigenvalue weighted by Crippen LogP contribution is -2.59. The molecule has 1 heterocycles. The van der Waals surface area contributed by atoms with Gasteiger partial charge in [0.1, 0.15) is 36.8 Å². The standard InChI is InChI=1S/C29H43N9O9S2/c30-22(39)12-18(37-29(46)47-13-16-6-2-1-3-7-16)23(40)35-19(14-48)24(41)36-20(15-49)26(43)38-11-5-9-21(38)25(42)34-17(27(44)45)8-4-10-33-28(31)32/h1-3,6-7,17-21,48-49H,4-5,8-15H2,(H2,30,39)(H,34,42)(H,35,40)(H,36,41)(H,37,46)(H,44,45)(H4,31,32,33)/t17-,18-,19-,20-,21-/m0/s1. The molecule has 0 unspecified atom stereocenters. The minimum absolute atomic E-state index is 0.0405. The van der Waals surface area contributed by atoms with E-state index in [-0.39, 0.29) is 50.0 Å². The highest BCUT2D eigenvalue weighted by molar-refractivity contribution is 7.80. The van der Waals surface area contributed by atoms with Gasteiger partial charge in [-0.2, -0.15) is 25.3 Å². The third kappa shape index (κ3) is 13.7. The summed E-state index contributed by atoms with van der Waals surface area (Å²) in [5, 5.41) is 28.9. The minimum atomic E-state index is -1.50. The lowest BCUT2D eigenvalue weighted by Gasteiger charge is -2.30. The molecule has 0 aliphatic carbocycles. The number of carboxylic acid groups (broad SMARTS) is 1. The average Bonchev–Trinajstić information content (AvgIpc) is 3.56. The van der Waals surface area contributed by atoms with E-state index in [2.05, 4.69) is 51.8 Å². The molecule has 1 aromatic rings. The first-order chi connectivity index (χ1) is 23.3. The molecule has 11 N–H and O–H groups in total. The van der Waals surface area contributed by atoms with Crippen molar-refractivity contribution in [3.63, 3.8) is 0 Å². The third-order valence-corrected chi connectivity index (χ3v) is 8.01. The maximum absolute atomic E-state index is 13.5. The molecular weight excluding hydrogens is 683 g/mol. The summed E-state index contributed by atoms with van der Waals surface area (Å²) in [5.74, 6) is -6.03. The van der Waals surface area contributed by atoms with Gasteiger partial charge in [-0.3, -0.25) is 29.4 Å². The maximum atomic E-state index is 13.5. The topological polar surface area (TPSA) is 288 Å². The largest absolute Gasteiger partial charge is 0.480 e. The molecule has 1 aliphatic heterocycles. The highest BCUT2D eigenvalue weighted by Gasteiger charge is 2.39. The molecule has 1 aromatic carbocycles. The highest BCUT2D eigenvalue weighted by Crippen LogP contribution is 2.19. The molecule has 0 saturated carbocycles. The van der Waals surface area contributed by atoms with Crippen molar-refractivity contribution in [3.05, 3.63) is 35.9 Å². The van der Waals surface area contributed by atoms with Crippen LogP contribution in [0.4, 0.5) is 4.79 Å². The van der Waals surface area contributed by atoms with Crippen LogP contribution < -0.4 is 38.1 Å². The number of hydrogen-bond acceptors (Lipinski definition) is 11. The number of carbonyl (C=O) groups is 7. The third-order valence-electron chi connectivity index (χ3n) is 7.28. The van der Waals surface area contributed by atoms with E-state index < -0.39 is 78.2 Å². The maximum Gasteiger partial charge on any atom is 0.408 e. The Morgan fingerprint density at radius 3 is 2.14 bits per heavy atom. The molecule has 6 amide bonds. The fourth-order valence-electron chi connectivity index (χ4n) is 4.80. The molecular formula is C29H43N9O9S2. The average molecular weight is 726 g/mol. The summed E-state index contributed by atoms with van der Waals surface area (Å²) < 4.78 is 5.10. The van der Waals surface area contributed by atoms with Crippen molar-refractivity contribution in [1.29, 1.82) is 5.41 Å². The second-order valence-corrected chi connectivity index (χ2v) is 11.7. The van der Waals surface area contributed by atoms with Crippen molar-refractivity contribution < 1.29 is 43.4 Å². The zero-order valence-corrected chi connectivity index (χ0v) is 28.3. The summed E-state index contributed by atoms with van der Waals surface area (Å²) in [4.78, 5) is 89.7. The summed E-state index contributed by atoms with van der Waals surface area (Å²) in [6.45, 7) is 0.270. The molecule has 0 aromatic heterocycles. The zero-order chi connectivity index (χ0) is 36.5. The van der Waals surface area contributed by atoms with Crippen LogP contribution in [-0.4, -0.2) is 112 Å². The van der Waals surface area contributed by atoms with Crippen molar-refractivity contribution in [2.75, 3.05) is 24.6 Å². The van der Waals surface area contributed by atoms with Gasteiger partial charge in [-0.05, 0) is 31.2 Å². The van der Waals surface area contributed by atoms with E-state index in [0.717, 1.165) is 0 Å². The lowest BCUT2D eigenvalue weighted by molar-refractivity contribution is -0.144. The number of guanidine groups is 1. The number of thiol groups is 2. The number of aliphatic carboxylic acids is 1. The molecule has 1 saturated heterocycles. The normalized spacial score (nSPS) is 16.2. The van der Waals surface area contributed by atoms with Crippen LogP contribution in [0.2, 0.25) is 0 Å². The molecule has 1 aliphatic rings. The molecule has 5 atom stereocenters. The van der Waals surface area contributed by atoms with Gasteiger partial charge in [-0.1, -0.05) is 30.3 Å². The Morgan fingerprint density at radius 1 is 0.918 bits per heavy atom. The van der Waals surface area contributed by atoms with Gasteiger partial charge in [-0.15, -0.1) is 0 Å². The number of carbonyl (C=O) groups excluding carboxylic acids is 6. The summed E-state index contributed by atoms with van der Waals surface area (Å²) in [6.07, 6.45) is -0.602. The number of hydrogen-bond donors (Lipinski definition) is 11. The molecule has 1 fully saturated rings. The first-order valence-corrected chi connectivity index (χ1v) is 16.5. The summed E-state index contributed by atoms with van der Waals surface area (Å²) in [6, 6.07) is 2.35. The number of rotatable bonds is 19. The Balaban J connectivity index is 2.02. The van der Waals surface area contributed by atoms with Gasteiger partial charge in [0, 0.05) is 24.6 Å². The highest BCUT2D eigenvalue weighted by atomic mass is 32.1. The number of amides is 6. The van der Waals surface area contributed by atoms with Crippen molar-refractivity contribution in [3.8, 4) is 0 Å². The van der Waals surface area contributed by atoms with Gasteiger partial charge in [-0.25, -0.2) is 9.59 Å². The van der Waals surface area contributed by atoms with E-state index >= 15 is 0 Å². The van der Waals surface area contributed by atoms with Crippen LogP contribution in [0.25, 0.3) is 0 Å². The molecule has 0 spiro atoms. The first kappa shape index (κ1) is 40.5. The molecule has 18 nitrogen and oxygen atoms in total. The van der Waals surface area contributed by atoms with E-state index in [1.54, 1.807) is 30.3 Å². The molecule has 20 heteroatoms. The number of nitrogens with zero attached hydrogens (tertiary/aromatic N) is 1. The predicted octanol–water partition coefficient (Wildman–Crippen LogP) is -2.19. The van der Waals surface area contributed by atoms with Gasteiger partial charge in [0.2, 0.25) is 29.5 Å². The van der Waals surface area contributed by atoms with Crippen LogP contribution in [0.1, 0.15) is 37.7 Å². The van der Waals surface area contributed by atoms with Gasteiger partial charge in [0.05, 0.1) is 6.42 Å². The Bertz CT molecular complexity index is 1360. The lowest BCUT2D eigenvalue weighted by atomic mass is 10.1. The fourth-order valence-corrected chi connectivity index (χ4v) is 5.30. The van der Waals surface area contributed by atoms with E-state index in [4.69, 9.17) is 21.6 Å². The number of alkyl carbamates (subject to hydrolysis) is 1. The summed E-state index contributed by atoms with van der Waals surface area (Å²) in [5.41, 5.74) is 11.1. The van der Waals surface area contributed by atoms with Crippen molar-refractivity contribution in [1.82, 2.24) is 31.5 Å². The minimum Gasteiger partial charge on any atom is -0.480 e. The van der Waals surface area contributed by atoms with Gasteiger partial charge in [0.15, 0.2) is 5.96 Å². The van der Waals surface area contributed by atoms with Crippen LogP contribution >= 0.6 is 25.3 Å². The Kier molecular flexibility index (Phi) is 17.0. The summed E-state index contributed by atoms with van der Waals surface area (Å²) in [7, 11) is 0. The number of ether oxygens (including phenoxy) is 1. The second kappa shape index (κ2) is 20.6. The van der Waals surface area contributed by atoms with E-state index in [0.29, 0.717) is 18.4 Å². The number of nitrogens with one attached hydrogen (secondary N) is 6. The van der Waals surface area contributed by atoms with Gasteiger partial charge in [0.25, 0.3) is 0 Å². The van der Waals surface area contributed by atoms with Crippen molar-refractivity contribution in [2.24, 2.45) is 11.5 Å². The smallest absolute Gasteiger partial charge is 0.408 e. The van der Waals surface area contributed by atoms with E-state index in [9.17, 15) is 38.7 Å². The molecule has 0 radical (unpaired) electrons. The first-order valence-electron chi connectivity index (χ1n) is 15.3. The van der Waals surface area contributed by atoms with Crippen molar-refractivity contribution >= 4 is 72.8 Å². The summed E-state index contributed by atoms with van der Waals surface area (Å²) >= 11 is 8.30. The Labute approximate surface area is 293 Å². The van der Waals surface area contributed by atoms with Gasteiger partial charge < -0.3 is 52.8 Å². The van der Waals surface area contributed by atoms with Crippen LogP contribution in [0.3, 0.4) is 0 Å². The van der Waals surface area contributed by atoms with Crippen LogP contribution in [0.15, 0.2) is 30.3 Å². The van der Waals surface area contributed by atoms with Crippen molar-refractivity contribution in [2.45, 2.75) is 68.9 Å². The van der Waals surface area contributed by atoms with Gasteiger partial charge >= 0.3 is 12.1 Å².